The highest BCUT2D eigenvalue weighted by Gasteiger charge is 2.41. The zero-order valence-electron chi connectivity index (χ0n) is 11.9. The van der Waals surface area contributed by atoms with E-state index in [1.54, 1.807) is 6.08 Å². The maximum Gasteiger partial charge on any atom is 0.336 e. The number of ether oxygens (including phenoxy) is 2. The second-order valence-electron chi connectivity index (χ2n) is 6.17. The Morgan fingerprint density at radius 2 is 2.26 bits per heavy atom. The largest absolute Gasteiger partial charge is 0.458 e. The molecule has 0 bridgehead atoms. The van der Waals surface area contributed by atoms with Gasteiger partial charge in [-0.1, -0.05) is 13.8 Å². The van der Waals surface area contributed by atoms with Gasteiger partial charge in [0.2, 0.25) is 0 Å². The molecule has 19 heavy (non-hydrogen) atoms. The van der Waals surface area contributed by atoms with Crippen molar-refractivity contribution in [1.82, 2.24) is 0 Å². The van der Waals surface area contributed by atoms with Gasteiger partial charge in [-0.3, -0.25) is 4.79 Å². The first kappa shape index (κ1) is 14.3. The van der Waals surface area contributed by atoms with Crippen LogP contribution in [0.5, 0.6) is 0 Å². The number of hydrogen-bond acceptors (Lipinski definition) is 4. The van der Waals surface area contributed by atoms with Crippen LogP contribution in [-0.2, 0) is 19.1 Å². The fourth-order valence-corrected chi connectivity index (χ4v) is 2.83. The summed E-state index contributed by atoms with van der Waals surface area (Å²) in [6, 6.07) is 0. The Hall–Kier alpha value is -1.16. The van der Waals surface area contributed by atoms with E-state index in [2.05, 4.69) is 0 Å². The minimum Gasteiger partial charge on any atom is -0.458 e. The summed E-state index contributed by atoms with van der Waals surface area (Å²) < 4.78 is 10.9. The summed E-state index contributed by atoms with van der Waals surface area (Å²) in [5.41, 5.74) is 0.195. The maximum absolute atomic E-state index is 11.9. The molecule has 4 nitrogen and oxygen atoms in total. The lowest BCUT2D eigenvalue weighted by Crippen LogP contribution is -2.30. The van der Waals surface area contributed by atoms with Gasteiger partial charge in [0.15, 0.2) is 0 Å². The molecule has 2 aliphatic heterocycles. The predicted octanol–water partition coefficient (Wildman–Crippen LogP) is 2.41. The van der Waals surface area contributed by atoms with Crippen LogP contribution in [0.3, 0.4) is 0 Å². The molecule has 2 rings (SSSR count). The summed E-state index contributed by atoms with van der Waals surface area (Å²) in [5.74, 6) is 0.338. The molecule has 0 aromatic carbocycles. The number of hydrogen-bond donors (Lipinski definition) is 0. The van der Waals surface area contributed by atoms with Crippen molar-refractivity contribution in [2.45, 2.75) is 58.2 Å². The highest BCUT2D eigenvalue weighted by molar-refractivity contribution is 5.91. The van der Waals surface area contributed by atoms with E-state index in [4.69, 9.17) is 9.47 Å². The Balaban J connectivity index is 1.93. The van der Waals surface area contributed by atoms with Crippen molar-refractivity contribution in [3.8, 4) is 0 Å². The van der Waals surface area contributed by atoms with Crippen LogP contribution in [0, 0.1) is 5.92 Å². The molecular formula is C15H22O4. The molecule has 0 spiro atoms. The average molecular weight is 266 g/mol. The highest BCUT2D eigenvalue weighted by atomic mass is 16.5. The van der Waals surface area contributed by atoms with E-state index in [1.165, 1.54) is 0 Å². The van der Waals surface area contributed by atoms with Crippen LogP contribution in [0.2, 0.25) is 0 Å². The first-order chi connectivity index (χ1) is 8.89. The van der Waals surface area contributed by atoms with Crippen LogP contribution in [-0.4, -0.2) is 30.1 Å². The summed E-state index contributed by atoms with van der Waals surface area (Å²) in [5, 5.41) is 0. The van der Waals surface area contributed by atoms with E-state index in [0.717, 1.165) is 12.8 Å². The summed E-state index contributed by atoms with van der Waals surface area (Å²) in [7, 11) is 0. The van der Waals surface area contributed by atoms with Crippen molar-refractivity contribution >= 4 is 11.8 Å². The Bertz CT molecular complexity index is 410. The van der Waals surface area contributed by atoms with Gasteiger partial charge in [0, 0.05) is 12.8 Å². The molecule has 0 radical (unpaired) electrons. The van der Waals surface area contributed by atoms with Gasteiger partial charge in [-0.05, 0) is 31.8 Å². The van der Waals surface area contributed by atoms with Gasteiger partial charge in [0.25, 0.3) is 0 Å². The number of ketones is 1. The van der Waals surface area contributed by atoms with E-state index < -0.39 is 5.60 Å². The molecule has 0 aliphatic carbocycles. The second-order valence-corrected chi connectivity index (χ2v) is 6.17. The molecule has 0 unspecified atom stereocenters. The number of carbonyl (C=O) groups is 2. The molecule has 0 aromatic rings. The number of esters is 1. The second kappa shape index (κ2) is 5.45. The fourth-order valence-electron chi connectivity index (χ4n) is 2.83. The number of rotatable bonds is 5. The van der Waals surface area contributed by atoms with E-state index >= 15 is 0 Å². The zero-order valence-corrected chi connectivity index (χ0v) is 11.9. The van der Waals surface area contributed by atoms with Crippen LogP contribution in [0.1, 0.15) is 46.5 Å². The molecule has 106 valence electrons. The van der Waals surface area contributed by atoms with Gasteiger partial charge in [-0.25, -0.2) is 4.79 Å². The topological polar surface area (TPSA) is 52.6 Å². The molecule has 0 amide bonds. The molecule has 2 aliphatic rings. The maximum atomic E-state index is 11.9. The number of cyclic esters (lactones) is 1. The van der Waals surface area contributed by atoms with Gasteiger partial charge in [-0.15, -0.1) is 0 Å². The first-order valence-electron chi connectivity index (χ1n) is 6.96. The fraction of sp³-hybridized carbons (Fsp3) is 0.733. The normalized spacial score (nSPS) is 30.6. The Kier molecular flexibility index (Phi) is 4.09. The lowest BCUT2D eigenvalue weighted by molar-refractivity contribution is -0.137. The predicted molar refractivity (Wildman–Crippen MR) is 70.6 cm³/mol. The van der Waals surface area contributed by atoms with Crippen LogP contribution in [0.25, 0.3) is 0 Å². The first-order valence-corrected chi connectivity index (χ1v) is 6.96. The standard InChI is InChI=1S/C15H22O4/c1-10(2)8-11(16)9-15(3)6-4-13(19-15)12-5-7-18-14(12)17/h5,10,13H,4,6-9H2,1-3H3/t13-,15+/m1/s1. The van der Waals surface area contributed by atoms with Gasteiger partial charge in [-0.2, -0.15) is 0 Å². The summed E-state index contributed by atoms with van der Waals surface area (Å²) in [4.78, 5) is 23.4. The van der Waals surface area contributed by atoms with Crippen molar-refractivity contribution in [2.24, 2.45) is 5.92 Å². The molecule has 2 heterocycles. The van der Waals surface area contributed by atoms with Gasteiger partial charge < -0.3 is 9.47 Å². The smallest absolute Gasteiger partial charge is 0.336 e. The van der Waals surface area contributed by atoms with Crippen LogP contribution in [0.4, 0.5) is 0 Å². The van der Waals surface area contributed by atoms with Gasteiger partial charge in [0.05, 0.1) is 17.3 Å². The van der Waals surface area contributed by atoms with Gasteiger partial charge in [0.1, 0.15) is 12.4 Å². The summed E-state index contributed by atoms with van der Waals surface area (Å²) in [6.45, 7) is 6.39. The molecule has 2 atom stereocenters. The minimum absolute atomic E-state index is 0.202. The molecule has 4 heteroatoms. The third-order valence-electron chi connectivity index (χ3n) is 3.67. The highest BCUT2D eigenvalue weighted by Crippen LogP contribution is 2.37. The Labute approximate surface area is 114 Å². The Morgan fingerprint density at radius 3 is 2.84 bits per heavy atom. The van der Waals surface area contributed by atoms with Crippen LogP contribution >= 0.6 is 0 Å². The SMILES string of the molecule is CC(C)CC(=O)C[C@]1(C)CC[C@H](C2=CCOC2=O)O1. The zero-order chi connectivity index (χ0) is 14.0. The molecule has 1 saturated heterocycles. The van der Waals surface area contributed by atoms with Gasteiger partial charge >= 0.3 is 5.97 Å². The van der Waals surface area contributed by atoms with E-state index in [-0.39, 0.29) is 17.9 Å². The molecule has 0 aromatic heterocycles. The summed E-state index contributed by atoms with van der Waals surface area (Å²) in [6.07, 6.45) is 4.21. The molecule has 1 fully saturated rings. The van der Waals surface area contributed by atoms with E-state index in [9.17, 15) is 9.59 Å². The van der Waals surface area contributed by atoms with Crippen molar-refractivity contribution < 1.29 is 19.1 Å². The van der Waals surface area contributed by atoms with E-state index in [0.29, 0.717) is 30.9 Å². The summed E-state index contributed by atoms with van der Waals surface area (Å²) >= 11 is 0. The molecule has 0 N–H and O–H groups in total. The minimum atomic E-state index is -0.430. The Morgan fingerprint density at radius 1 is 1.53 bits per heavy atom. The third kappa shape index (κ3) is 3.44. The van der Waals surface area contributed by atoms with Crippen molar-refractivity contribution in [3.63, 3.8) is 0 Å². The quantitative estimate of drug-likeness (QED) is 0.717. The lowest BCUT2D eigenvalue weighted by atomic mass is 9.92. The molecular weight excluding hydrogens is 244 g/mol. The average Bonchev–Trinajstić information content (AvgIpc) is 2.83. The third-order valence-corrected chi connectivity index (χ3v) is 3.67. The molecule has 0 saturated carbocycles. The van der Waals surface area contributed by atoms with Crippen LogP contribution < -0.4 is 0 Å². The van der Waals surface area contributed by atoms with Crippen molar-refractivity contribution in [3.05, 3.63) is 11.6 Å². The van der Waals surface area contributed by atoms with Crippen molar-refractivity contribution in [1.29, 1.82) is 0 Å². The number of carbonyl (C=O) groups excluding carboxylic acids is 2. The lowest BCUT2D eigenvalue weighted by Gasteiger charge is -2.24. The van der Waals surface area contributed by atoms with Crippen molar-refractivity contribution in [2.75, 3.05) is 6.61 Å². The monoisotopic (exact) mass is 266 g/mol. The van der Waals surface area contributed by atoms with Crippen LogP contribution in [0.15, 0.2) is 11.6 Å². The number of Topliss-reactive ketones (excluding diaryl/α,β-unsaturated/α-hetero) is 1. The van der Waals surface area contributed by atoms with E-state index in [1.807, 2.05) is 20.8 Å².